The molecule has 1 aliphatic heterocycles. The van der Waals surface area contributed by atoms with Gasteiger partial charge in [-0.1, -0.05) is 0 Å². The SMILES string of the molecule is CCOc1ccc(S(=O)(=O)NCCC(=O)Nc2ccc(N3CCCC3)cn2)cc1. The number of carbonyl (C=O) groups excluding carboxylic acids is 1. The third-order valence-electron chi connectivity index (χ3n) is 4.58. The van der Waals surface area contributed by atoms with Gasteiger partial charge in [0, 0.05) is 26.1 Å². The Morgan fingerprint density at radius 3 is 2.48 bits per heavy atom. The minimum absolute atomic E-state index is 0.00577. The molecule has 156 valence electrons. The van der Waals surface area contributed by atoms with E-state index in [-0.39, 0.29) is 23.8 Å². The Balaban J connectivity index is 1.46. The van der Waals surface area contributed by atoms with Crippen molar-refractivity contribution in [3.8, 4) is 5.75 Å². The van der Waals surface area contributed by atoms with E-state index in [4.69, 9.17) is 4.74 Å². The summed E-state index contributed by atoms with van der Waals surface area (Å²) in [5.41, 5.74) is 1.05. The van der Waals surface area contributed by atoms with Crippen molar-refractivity contribution >= 4 is 27.4 Å². The van der Waals surface area contributed by atoms with E-state index in [1.165, 1.54) is 25.0 Å². The van der Waals surface area contributed by atoms with Crippen molar-refractivity contribution in [1.82, 2.24) is 9.71 Å². The number of amides is 1. The molecule has 1 fully saturated rings. The molecule has 1 aromatic carbocycles. The van der Waals surface area contributed by atoms with Crippen molar-refractivity contribution in [2.24, 2.45) is 0 Å². The minimum atomic E-state index is -3.68. The average Bonchev–Trinajstić information content (AvgIpc) is 3.24. The fourth-order valence-corrected chi connectivity index (χ4v) is 4.12. The van der Waals surface area contributed by atoms with Crippen LogP contribution in [0.4, 0.5) is 11.5 Å². The van der Waals surface area contributed by atoms with E-state index in [1.54, 1.807) is 24.4 Å². The number of carbonyl (C=O) groups is 1. The number of anilines is 2. The summed E-state index contributed by atoms with van der Waals surface area (Å²) < 4.78 is 32.3. The molecule has 0 radical (unpaired) electrons. The molecule has 0 bridgehead atoms. The van der Waals surface area contributed by atoms with Gasteiger partial charge < -0.3 is 15.0 Å². The summed E-state index contributed by atoms with van der Waals surface area (Å²) in [5, 5.41) is 2.69. The molecule has 9 heteroatoms. The molecular formula is C20H26N4O4S. The summed E-state index contributed by atoms with van der Waals surface area (Å²) in [6.07, 6.45) is 4.12. The zero-order valence-corrected chi connectivity index (χ0v) is 17.2. The Morgan fingerprint density at radius 1 is 1.14 bits per heavy atom. The number of rotatable bonds is 9. The van der Waals surface area contributed by atoms with Crippen molar-refractivity contribution < 1.29 is 17.9 Å². The lowest BCUT2D eigenvalue weighted by atomic mass is 10.3. The first kappa shape index (κ1) is 21.1. The van der Waals surface area contributed by atoms with E-state index >= 15 is 0 Å². The number of benzene rings is 1. The van der Waals surface area contributed by atoms with Crippen LogP contribution in [0.5, 0.6) is 5.75 Å². The molecule has 1 aromatic heterocycles. The molecule has 2 N–H and O–H groups in total. The monoisotopic (exact) mass is 418 g/mol. The van der Waals surface area contributed by atoms with Gasteiger partial charge in [0.25, 0.3) is 0 Å². The molecule has 2 heterocycles. The molecule has 3 rings (SSSR count). The molecule has 1 aliphatic rings. The zero-order valence-electron chi connectivity index (χ0n) is 16.4. The van der Waals surface area contributed by atoms with Crippen molar-refractivity contribution in [3.05, 3.63) is 42.6 Å². The van der Waals surface area contributed by atoms with Crippen LogP contribution in [0.3, 0.4) is 0 Å². The second-order valence-electron chi connectivity index (χ2n) is 6.70. The van der Waals surface area contributed by atoms with Crippen LogP contribution < -0.4 is 19.7 Å². The highest BCUT2D eigenvalue weighted by Crippen LogP contribution is 2.20. The number of pyridine rings is 1. The van der Waals surface area contributed by atoms with Crippen LogP contribution in [-0.2, 0) is 14.8 Å². The Hall–Kier alpha value is -2.65. The van der Waals surface area contributed by atoms with Crippen LogP contribution >= 0.6 is 0 Å². The molecule has 8 nitrogen and oxygen atoms in total. The van der Waals surface area contributed by atoms with Gasteiger partial charge in [0.2, 0.25) is 15.9 Å². The molecule has 0 spiro atoms. The first-order valence-corrected chi connectivity index (χ1v) is 11.2. The Bertz CT molecular complexity index is 909. The highest BCUT2D eigenvalue weighted by molar-refractivity contribution is 7.89. The van der Waals surface area contributed by atoms with Crippen LogP contribution in [0, 0.1) is 0 Å². The lowest BCUT2D eigenvalue weighted by Crippen LogP contribution is -2.28. The van der Waals surface area contributed by atoms with Gasteiger partial charge in [0.1, 0.15) is 11.6 Å². The molecule has 0 aliphatic carbocycles. The van der Waals surface area contributed by atoms with Crippen LogP contribution in [-0.4, -0.2) is 45.6 Å². The van der Waals surface area contributed by atoms with E-state index in [0.29, 0.717) is 18.2 Å². The van der Waals surface area contributed by atoms with Gasteiger partial charge in [-0.05, 0) is 56.2 Å². The highest BCUT2D eigenvalue weighted by Gasteiger charge is 2.15. The third-order valence-corrected chi connectivity index (χ3v) is 6.05. The predicted molar refractivity (Wildman–Crippen MR) is 112 cm³/mol. The van der Waals surface area contributed by atoms with E-state index in [1.807, 2.05) is 13.0 Å². The molecule has 0 saturated carbocycles. The van der Waals surface area contributed by atoms with Crippen LogP contribution in [0.1, 0.15) is 26.2 Å². The molecule has 1 amide bonds. The van der Waals surface area contributed by atoms with Crippen LogP contribution in [0.2, 0.25) is 0 Å². The quantitative estimate of drug-likeness (QED) is 0.649. The number of nitrogens with zero attached hydrogens (tertiary/aromatic N) is 2. The van der Waals surface area contributed by atoms with E-state index in [2.05, 4.69) is 19.9 Å². The largest absolute Gasteiger partial charge is 0.494 e. The van der Waals surface area contributed by atoms with Gasteiger partial charge in [-0.15, -0.1) is 0 Å². The molecule has 0 unspecified atom stereocenters. The first-order chi connectivity index (χ1) is 14.0. The van der Waals surface area contributed by atoms with Crippen molar-refractivity contribution in [2.45, 2.75) is 31.1 Å². The molecule has 29 heavy (non-hydrogen) atoms. The van der Waals surface area contributed by atoms with Gasteiger partial charge in [0.05, 0.1) is 23.4 Å². The van der Waals surface area contributed by atoms with E-state index < -0.39 is 10.0 Å². The van der Waals surface area contributed by atoms with Crippen molar-refractivity contribution in [3.63, 3.8) is 0 Å². The summed E-state index contributed by atoms with van der Waals surface area (Å²) in [7, 11) is -3.68. The van der Waals surface area contributed by atoms with Gasteiger partial charge >= 0.3 is 0 Å². The lowest BCUT2D eigenvalue weighted by molar-refractivity contribution is -0.116. The Labute approximate surface area is 171 Å². The van der Waals surface area contributed by atoms with Gasteiger partial charge in [-0.3, -0.25) is 4.79 Å². The summed E-state index contributed by atoms with van der Waals surface area (Å²) in [6.45, 7) is 4.42. The van der Waals surface area contributed by atoms with E-state index in [0.717, 1.165) is 18.8 Å². The van der Waals surface area contributed by atoms with Gasteiger partial charge in [-0.25, -0.2) is 18.1 Å². The van der Waals surface area contributed by atoms with Crippen molar-refractivity contribution in [1.29, 1.82) is 0 Å². The topological polar surface area (TPSA) is 101 Å². The van der Waals surface area contributed by atoms with Gasteiger partial charge in [-0.2, -0.15) is 0 Å². The number of nitrogens with one attached hydrogen (secondary N) is 2. The van der Waals surface area contributed by atoms with Gasteiger partial charge in [0.15, 0.2) is 0 Å². The van der Waals surface area contributed by atoms with Crippen LogP contribution in [0.15, 0.2) is 47.5 Å². The first-order valence-electron chi connectivity index (χ1n) is 9.71. The summed E-state index contributed by atoms with van der Waals surface area (Å²) in [4.78, 5) is 18.7. The summed E-state index contributed by atoms with van der Waals surface area (Å²) >= 11 is 0. The number of hydrogen-bond acceptors (Lipinski definition) is 6. The Kier molecular flexibility index (Phi) is 7.05. The lowest BCUT2D eigenvalue weighted by Gasteiger charge is -2.17. The third kappa shape index (κ3) is 5.91. The minimum Gasteiger partial charge on any atom is -0.494 e. The predicted octanol–water partition coefficient (Wildman–Crippen LogP) is 2.39. The standard InChI is InChI=1S/C20H26N4O4S/c1-2-28-17-6-8-18(9-7-17)29(26,27)22-12-11-20(25)23-19-10-5-16(15-21-19)24-13-3-4-14-24/h5-10,15,22H,2-4,11-14H2,1H3,(H,21,23,25). The second-order valence-corrected chi connectivity index (χ2v) is 8.46. The number of hydrogen-bond donors (Lipinski definition) is 2. The molecule has 1 saturated heterocycles. The average molecular weight is 419 g/mol. The van der Waals surface area contributed by atoms with Crippen molar-refractivity contribution in [2.75, 3.05) is 36.5 Å². The van der Waals surface area contributed by atoms with E-state index in [9.17, 15) is 13.2 Å². The Morgan fingerprint density at radius 2 is 1.86 bits per heavy atom. The molecule has 2 aromatic rings. The highest BCUT2D eigenvalue weighted by atomic mass is 32.2. The maximum absolute atomic E-state index is 12.3. The fourth-order valence-electron chi connectivity index (χ4n) is 3.09. The smallest absolute Gasteiger partial charge is 0.240 e. The second kappa shape index (κ2) is 9.71. The summed E-state index contributed by atoms with van der Waals surface area (Å²) in [5.74, 6) is 0.752. The molecular weight excluding hydrogens is 392 g/mol. The van der Waals surface area contributed by atoms with Crippen LogP contribution in [0.25, 0.3) is 0 Å². The summed E-state index contributed by atoms with van der Waals surface area (Å²) in [6, 6.07) is 9.83. The maximum atomic E-state index is 12.3. The number of aromatic nitrogens is 1. The number of ether oxygens (including phenoxy) is 1. The normalized spacial score (nSPS) is 14.0. The zero-order chi connectivity index (χ0) is 20.7. The number of sulfonamides is 1. The molecule has 0 atom stereocenters. The fraction of sp³-hybridized carbons (Fsp3) is 0.400. The maximum Gasteiger partial charge on any atom is 0.240 e.